The number of carboxylic acids is 1. The van der Waals surface area contributed by atoms with Gasteiger partial charge in [0.15, 0.2) is 0 Å². The molecule has 2 aromatic rings. The van der Waals surface area contributed by atoms with Crippen LogP contribution in [-0.4, -0.2) is 22.0 Å². The minimum Gasteiger partial charge on any atom is -0.478 e. The molecule has 1 aromatic heterocycles. The maximum Gasteiger partial charge on any atom is 0.335 e. The van der Waals surface area contributed by atoms with Gasteiger partial charge in [0.1, 0.15) is 0 Å². The summed E-state index contributed by atoms with van der Waals surface area (Å²) in [5, 5.41) is 9.53. The van der Waals surface area contributed by atoms with E-state index in [-0.39, 0.29) is 18.4 Å². The predicted octanol–water partition coefficient (Wildman–Crippen LogP) is 2.99. The molecule has 0 aliphatic heterocycles. The van der Waals surface area contributed by atoms with Crippen molar-refractivity contribution in [3.63, 3.8) is 0 Å². The molecule has 0 bridgehead atoms. The van der Waals surface area contributed by atoms with Gasteiger partial charge in [-0.25, -0.2) is 13.6 Å². The zero-order valence-corrected chi connectivity index (χ0v) is 9.46. The molecule has 2 N–H and O–H groups in total. The van der Waals surface area contributed by atoms with Crippen LogP contribution in [0.1, 0.15) is 28.0 Å². The third-order valence-corrected chi connectivity index (χ3v) is 3.42. The fourth-order valence-electron chi connectivity index (χ4n) is 2.51. The Balaban J connectivity index is 2.20. The Bertz CT molecular complexity index is 646. The lowest BCUT2D eigenvalue weighted by Gasteiger charge is -2.21. The van der Waals surface area contributed by atoms with E-state index in [4.69, 9.17) is 5.11 Å². The number of H-pyrrole nitrogens is 1. The second kappa shape index (κ2) is 3.54. The Morgan fingerprint density at radius 2 is 2.17 bits per heavy atom. The first-order chi connectivity index (χ1) is 8.46. The third-order valence-electron chi connectivity index (χ3n) is 3.42. The molecule has 0 fully saturated rings. The van der Waals surface area contributed by atoms with Gasteiger partial charge in [0.05, 0.1) is 5.56 Å². The Morgan fingerprint density at radius 1 is 1.39 bits per heavy atom. The van der Waals surface area contributed by atoms with Gasteiger partial charge in [-0.05, 0) is 30.2 Å². The van der Waals surface area contributed by atoms with E-state index >= 15 is 0 Å². The fraction of sp³-hybridized carbons (Fsp3) is 0.308. The van der Waals surface area contributed by atoms with E-state index in [1.807, 2.05) is 0 Å². The zero-order chi connectivity index (χ0) is 12.9. The number of hydrogen-bond acceptors (Lipinski definition) is 1. The van der Waals surface area contributed by atoms with Crippen LogP contribution in [0.3, 0.4) is 0 Å². The molecular weight excluding hydrogens is 240 g/mol. The maximum absolute atomic E-state index is 13.4. The second-order valence-corrected chi connectivity index (χ2v) is 4.68. The molecular formula is C13H11F2NO2. The third kappa shape index (κ3) is 1.66. The molecule has 1 heterocycles. The van der Waals surface area contributed by atoms with Crippen molar-refractivity contribution >= 4 is 16.9 Å². The quantitative estimate of drug-likeness (QED) is 0.818. The highest BCUT2D eigenvalue weighted by Crippen LogP contribution is 2.37. The lowest BCUT2D eigenvalue weighted by Crippen LogP contribution is -2.25. The standard InChI is InChI=1S/C13H11F2NO2/c14-13(15)4-3-11-9(6-13)8-5-7(12(17)18)1-2-10(8)16-11/h1-2,5,16H,3-4,6H2,(H,17,18). The summed E-state index contributed by atoms with van der Waals surface area (Å²) in [6.07, 6.45) is -0.163. The monoisotopic (exact) mass is 251 g/mol. The van der Waals surface area contributed by atoms with Crippen LogP contribution in [0.25, 0.3) is 10.9 Å². The summed E-state index contributed by atoms with van der Waals surface area (Å²) in [6, 6.07) is 4.58. The van der Waals surface area contributed by atoms with E-state index in [9.17, 15) is 13.6 Å². The van der Waals surface area contributed by atoms with Crippen molar-refractivity contribution < 1.29 is 18.7 Å². The van der Waals surface area contributed by atoms with E-state index in [2.05, 4.69) is 4.98 Å². The number of carboxylic acid groups (broad SMARTS) is 1. The van der Waals surface area contributed by atoms with Crippen LogP contribution in [0.15, 0.2) is 18.2 Å². The van der Waals surface area contributed by atoms with E-state index in [0.717, 1.165) is 11.2 Å². The van der Waals surface area contributed by atoms with Crippen molar-refractivity contribution in [2.24, 2.45) is 0 Å². The molecule has 0 radical (unpaired) electrons. The number of nitrogens with one attached hydrogen (secondary N) is 1. The Labute approximate surface area is 101 Å². The number of aryl methyl sites for hydroxylation is 1. The first-order valence-electron chi connectivity index (χ1n) is 5.71. The molecule has 1 aliphatic carbocycles. The molecule has 0 spiro atoms. The van der Waals surface area contributed by atoms with Gasteiger partial charge < -0.3 is 10.1 Å². The van der Waals surface area contributed by atoms with E-state index in [1.54, 1.807) is 6.07 Å². The van der Waals surface area contributed by atoms with Gasteiger partial charge in [0, 0.05) is 29.4 Å². The largest absolute Gasteiger partial charge is 0.478 e. The summed E-state index contributed by atoms with van der Waals surface area (Å²) in [4.78, 5) is 14.0. The smallest absolute Gasteiger partial charge is 0.335 e. The molecule has 3 rings (SSSR count). The molecule has 5 heteroatoms. The number of aromatic carboxylic acids is 1. The first kappa shape index (κ1) is 11.2. The van der Waals surface area contributed by atoms with Crippen molar-refractivity contribution in [1.82, 2.24) is 4.98 Å². The molecule has 0 unspecified atom stereocenters. The van der Waals surface area contributed by atoms with Crippen LogP contribution in [0.5, 0.6) is 0 Å². The summed E-state index contributed by atoms with van der Waals surface area (Å²) in [5.41, 5.74) is 2.21. The number of benzene rings is 1. The number of rotatable bonds is 1. The predicted molar refractivity (Wildman–Crippen MR) is 62.2 cm³/mol. The maximum atomic E-state index is 13.4. The summed E-state index contributed by atoms with van der Waals surface area (Å²) in [5.74, 6) is -3.74. The van der Waals surface area contributed by atoms with Gasteiger partial charge in [-0.15, -0.1) is 0 Å². The number of aromatic nitrogens is 1. The summed E-state index contributed by atoms with van der Waals surface area (Å²) in [7, 11) is 0. The number of hydrogen-bond donors (Lipinski definition) is 2. The van der Waals surface area contributed by atoms with Crippen LogP contribution < -0.4 is 0 Å². The first-order valence-corrected chi connectivity index (χ1v) is 5.71. The number of aromatic amines is 1. The average molecular weight is 251 g/mol. The van der Waals surface area contributed by atoms with E-state index in [0.29, 0.717) is 17.4 Å². The molecule has 94 valence electrons. The van der Waals surface area contributed by atoms with Gasteiger partial charge in [-0.2, -0.15) is 0 Å². The van der Waals surface area contributed by atoms with Crippen molar-refractivity contribution in [2.75, 3.05) is 0 Å². The molecule has 0 amide bonds. The average Bonchev–Trinajstić information content (AvgIpc) is 2.65. The van der Waals surface area contributed by atoms with Gasteiger partial charge in [-0.3, -0.25) is 0 Å². The Hall–Kier alpha value is -1.91. The molecule has 1 aliphatic rings. The molecule has 18 heavy (non-hydrogen) atoms. The lowest BCUT2D eigenvalue weighted by molar-refractivity contribution is -0.0121. The second-order valence-electron chi connectivity index (χ2n) is 4.68. The zero-order valence-electron chi connectivity index (χ0n) is 9.46. The fourth-order valence-corrected chi connectivity index (χ4v) is 2.51. The van der Waals surface area contributed by atoms with Crippen molar-refractivity contribution in [3.8, 4) is 0 Å². The summed E-state index contributed by atoms with van der Waals surface area (Å²) in [6.45, 7) is 0. The van der Waals surface area contributed by atoms with Crippen LogP contribution in [0, 0.1) is 0 Å². The highest BCUT2D eigenvalue weighted by atomic mass is 19.3. The molecule has 0 saturated carbocycles. The SMILES string of the molecule is O=C(O)c1ccc2[nH]c3c(c2c1)CC(F)(F)CC3. The number of alkyl halides is 2. The normalized spacial score (nSPS) is 17.7. The van der Waals surface area contributed by atoms with Crippen LogP contribution in [-0.2, 0) is 12.8 Å². The lowest BCUT2D eigenvalue weighted by atomic mass is 9.92. The van der Waals surface area contributed by atoms with Crippen LogP contribution in [0.4, 0.5) is 8.78 Å². The minimum atomic E-state index is -2.69. The van der Waals surface area contributed by atoms with Gasteiger partial charge in [0.25, 0.3) is 5.92 Å². The van der Waals surface area contributed by atoms with E-state index < -0.39 is 11.9 Å². The summed E-state index contributed by atoms with van der Waals surface area (Å²) >= 11 is 0. The Kier molecular flexibility index (Phi) is 2.20. The summed E-state index contributed by atoms with van der Waals surface area (Å²) < 4.78 is 26.8. The topological polar surface area (TPSA) is 53.1 Å². The number of carbonyl (C=O) groups is 1. The highest BCUT2D eigenvalue weighted by molar-refractivity contribution is 5.95. The highest BCUT2D eigenvalue weighted by Gasteiger charge is 2.35. The minimum absolute atomic E-state index is 0.123. The van der Waals surface area contributed by atoms with Crippen molar-refractivity contribution in [1.29, 1.82) is 0 Å². The van der Waals surface area contributed by atoms with Gasteiger partial charge >= 0.3 is 5.97 Å². The van der Waals surface area contributed by atoms with Crippen LogP contribution in [0.2, 0.25) is 0 Å². The van der Waals surface area contributed by atoms with Gasteiger partial charge in [-0.1, -0.05) is 0 Å². The number of halogens is 2. The molecule has 3 nitrogen and oxygen atoms in total. The molecule has 1 aromatic carbocycles. The Morgan fingerprint density at radius 3 is 2.89 bits per heavy atom. The van der Waals surface area contributed by atoms with E-state index in [1.165, 1.54) is 12.1 Å². The van der Waals surface area contributed by atoms with Gasteiger partial charge in [0.2, 0.25) is 0 Å². The number of fused-ring (bicyclic) bond motifs is 3. The molecule has 0 saturated heterocycles. The van der Waals surface area contributed by atoms with Crippen molar-refractivity contribution in [3.05, 3.63) is 35.0 Å². The van der Waals surface area contributed by atoms with Crippen LogP contribution >= 0.6 is 0 Å². The van der Waals surface area contributed by atoms with Crippen molar-refractivity contribution in [2.45, 2.75) is 25.2 Å². The molecule has 0 atom stereocenters.